The van der Waals surface area contributed by atoms with E-state index < -0.39 is 0 Å². The van der Waals surface area contributed by atoms with Crippen molar-refractivity contribution in [3.05, 3.63) is 68.1 Å². The van der Waals surface area contributed by atoms with Crippen LogP contribution < -0.4 is 11.0 Å². The highest BCUT2D eigenvalue weighted by Gasteiger charge is 2.18. The molecule has 0 saturated carbocycles. The quantitative estimate of drug-likeness (QED) is 0.560. The third-order valence-electron chi connectivity index (χ3n) is 5.62. The van der Waals surface area contributed by atoms with Crippen LogP contribution in [0, 0.1) is 13.8 Å². The fourth-order valence-corrected chi connectivity index (χ4v) is 4.36. The minimum atomic E-state index is -0.0945. The van der Waals surface area contributed by atoms with Crippen LogP contribution in [0.1, 0.15) is 46.8 Å². The monoisotopic (exact) mass is 471 g/mol. The van der Waals surface area contributed by atoms with Crippen molar-refractivity contribution in [2.75, 3.05) is 6.54 Å². The summed E-state index contributed by atoms with van der Waals surface area (Å²) in [6, 6.07) is 9.94. The molecule has 1 aromatic carbocycles. The second-order valence-electron chi connectivity index (χ2n) is 7.74. The molecule has 3 aromatic rings. The molecule has 30 heavy (non-hydrogen) atoms. The molecule has 0 atom stereocenters. The van der Waals surface area contributed by atoms with Crippen molar-refractivity contribution >= 4 is 21.8 Å². The summed E-state index contributed by atoms with van der Waals surface area (Å²) in [7, 11) is 0. The molecule has 0 unspecified atom stereocenters. The van der Waals surface area contributed by atoms with Gasteiger partial charge < -0.3 is 9.88 Å². The molecule has 3 heterocycles. The molecule has 0 radical (unpaired) electrons. The molecule has 0 spiro atoms. The van der Waals surface area contributed by atoms with E-state index in [-0.39, 0.29) is 11.6 Å². The molecule has 4 rings (SSSR count). The molecule has 0 saturated heterocycles. The van der Waals surface area contributed by atoms with Crippen molar-refractivity contribution in [1.29, 1.82) is 0 Å². The average Bonchev–Trinajstić information content (AvgIpc) is 3.22. The maximum Gasteiger partial charge on any atom is 0.345 e. The van der Waals surface area contributed by atoms with Gasteiger partial charge >= 0.3 is 5.69 Å². The summed E-state index contributed by atoms with van der Waals surface area (Å²) in [4.78, 5) is 25.1. The summed E-state index contributed by atoms with van der Waals surface area (Å²) in [5.74, 6) is 0.790. The Kier molecular flexibility index (Phi) is 5.94. The fraction of sp³-hybridized carbons (Fsp3) is 0.409. The zero-order valence-corrected chi connectivity index (χ0v) is 18.9. The van der Waals surface area contributed by atoms with Gasteiger partial charge in [-0.05, 0) is 63.4 Å². The van der Waals surface area contributed by atoms with E-state index in [4.69, 9.17) is 0 Å². The Morgan fingerprint density at radius 1 is 1.20 bits per heavy atom. The van der Waals surface area contributed by atoms with Crippen LogP contribution in [0.25, 0.3) is 5.69 Å². The second kappa shape index (κ2) is 8.63. The van der Waals surface area contributed by atoms with Crippen LogP contribution in [0.3, 0.4) is 0 Å². The SMILES string of the molecule is Cc1cc(C(=O)NCCCn2nc3n(c2=O)CCCC3)c(C)n1-c1ccc(Br)cc1. The minimum Gasteiger partial charge on any atom is -0.352 e. The third-order valence-corrected chi connectivity index (χ3v) is 6.15. The molecule has 0 aliphatic carbocycles. The van der Waals surface area contributed by atoms with Gasteiger partial charge in [-0.1, -0.05) is 15.9 Å². The van der Waals surface area contributed by atoms with Crippen LogP contribution in [0.5, 0.6) is 0 Å². The number of rotatable bonds is 6. The number of carbonyl (C=O) groups excluding carboxylic acids is 1. The van der Waals surface area contributed by atoms with Crippen LogP contribution in [-0.2, 0) is 19.5 Å². The Morgan fingerprint density at radius 2 is 1.97 bits per heavy atom. The summed E-state index contributed by atoms with van der Waals surface area (Å²) in [6.45, 7) is 5.73. The lowest BCUT2D eigenvalue weighted by atomic mass is 10.2. The zero-order valence-electron chi connectivity index (χ0n) is 17.3. The molecule has 0 fully saturated rings. The summed E-state index contributed by atoms with van der Waals surface area (Å²) in [6.07, 6.45) is 3.65. The Hall–Kier alpha value is -2.61. The molecular weight excluding hydrogens is 446 g/mol. The Morgan fingerprint density at radius 3 is 2.70 bits per heavy atom. The van der Waals surface area contributed by atoms with Gasteiger partial charge in [0.05, 0.1) is 5.56 Å². The van der Waals surface area contributed by atoms with Gasteiger partial charge in [-0.25, -0.2) is 9.48 Å². The first kappa shape index (κ1) is 20.7. The van der Waals surface area contributed by atoms with E-state index in [0.717, 1.165) is 53.2 Å². The first-order valence-electron chi connectivity index (χ1n) is 10.4. The Bertz CT molecular complexity index is 1120. The van der Waals surface area contributed by atoms with E-state index in [1.54, 1.807) is 4.57 Å². The maximum atomic E-state index is 12.7. The van der Waals surface area contributed by atoms with Gasteiger partial charge in [-0.3, -0.25) is 9.36 Å². The van der Waals surface area contributed by atoms with Crippen LogP contribution in [0.4, 0.5) is 0 Å². The number of amides is 1. The van der Waals surface area contributed by atoms with Crippen molar-refractivity contribution in [1.82, 2.24) is 24.2 Å². The van der Waals surface area contributed by atoms with Gasteiger partial charge in [0.15, 0.2) is 0 Å². The van der Waals surface area contributed by atoms with E-state index in [2.05, 4.69) is 30.9 Å². The number of carbonyl (C=O) groups is 1. The van der Waals surface area contributed by atoms with Crippen molar-refractivity contribution in [2.24, 2.45) is 0 Å². The predicted molar refractivity (Wildman–Crippen MR) is 119 cm³/mol. The number of halogens is 1. The lowest BCUT2D eigenvalue weighted by Gasteiger charge is -2.10. The summed E-state index contributed by atoms with van der Waals surface area (Å²) >= 11 is 3.46. The Balaban J connectivity index is 1.38. The van der Waals surface area contributed by atoms with Gasteiger partial charge in [-0.2, -0.15) is 5.10 Å². The number of benzene rings is 1. The van der Waals surface area contributed by atoms with Crippen LogP contribution in [0.15, 0.2) is 39.6 Å². The zero-order chi connectivity index (χ0) is 21.3. The van der Waals surface area contributed by atoms with E-state index in [1.807, 2.05) is 44.2 Å². The predicted octanol–water partition coefficient (Wildman–Crippen LogP) is 3.37. The molecule has 0 bridgehead atoms. The van der Waals surface area contributed by atoms with Gasteiger partial charge in [0.1, 0.15) is 5.82 Å². The molecule has 7 nitrogen and oxygen atoms in total. The van der Waals surface area contributed by atoms with Crippen molar-refractivity contribution in [3.63, 3.8) is 0 Å². The second-order valence-corrected chi connectivity index (χ2v) is 8.65. The molecule has 1 N–H and O–H groups in total. The van der Waals surface area contributed by atoms with E-state index in [0.29, 0.717) is 25.1 Å². The number of hydrogen-bond donors (Lipinski definition) is 1. The van der Waals surface area contributed by atoms with E-state index >= 15 is 0 Å². The van der Waals surface area contributed by atoms with Crippen molar-refractivity contribution < 1.29 is 4.79 Å². The van der Waals surface area contributed by atoms with Crippen LogP contribution >= 0.6 is 15.9 Å². The summed E-state index contributed by atoms with van der Waals surface area (Å²) in [5, 5.41) is 7.42. The molecular formula is C22H26BrN5O2. The fourth-order valence-electron chi connectivity index (χ4n) is 4.10. The third kappa shape index (κ3) is 4.01. The number of aromatic nitrogens is 4. The molecule has 1 aliphatic heterocycles. The lowest BCUT2D eigenvalue weighted by molar-refractivity contribution is 0.0952. The number of nitrogens with zero attached hydrogens (tertiary/aromatic N) is 4. The number of hydrogen-bond acceptors (Lipinski definition) is 3. The van der Waals surface area contributed by atoms with Gasteiger partial charge in [0, 0.05) is 47.6 Å². The van der Waals surface area contributed by atoms with E-state index in [9.17, 15) is 9.59 Å². The number of fused-ring (bicyclic) bond motifs is 1. The standard InChI is InChI=1S/C22H26BrN5O2/c1-15-14-19(16(2)28(15)18-9-7-17(23)8-10-18)21(29)24-11-5-13-27-22(30)26-12-4-3-6-20(26)25-27/h7-10,14H,3-6,11-13H2,1-2H3,(H,24,29). The normalized spacial score (nSPS) is 13.3. The van der Waals surface area contributed by atoms with Crippen LogP contribution in [0.2, 0.25) is 0 Å². The highest BCUT2D eigenvalue weighted by molar-refractivity contribution is 9.10. The lowest BCUT2D eigenvalue weighted by Crippen LogP contribution is -2.29. The van der Waals surface area contributed by atoms with Crippen molar-refractivity contribution in [3.8, 4) is 5.69 Å². The minimum absolute atomic E-state index is 0.0333. The highest BCUT2D eigenvalue weighted by Crippen LogP contribution is 2.22. The first-order chi connectivity index (χ1) is 14.5. The summed E-state index contributed by atoms with van der Waals surface area (Å²) in [5.41, 5.74) is 3.58. The first-order valence-corrected chi connectivity index (χ1v) is 11.1. The number of nitrogens with one attached hydrogen (secondary N) is 1. The highest BCUT2D eigenvalue weighted by atomic mass is 79.9. The largest absolute Gasteiger partial charge is 0.352 e. The topological polar surface area (TPSA) is 73.8 Å². The molecule has 1 aliphatic rings. The van der Waals surface area contributed by atoms with Gasteiger partial charge in [-0.15, -0.1) is 0 Å². The Labute approximate surface area is 183 Å². The van der Waals surface area contributed by atoms with Crippen molar-refractivity contribution in [2.45, 2.75) is 52.6 Å². The molecule has 158 valence electrons. The van der Waals surface area contributed by atoms with Crippen LogP contribution in [-0.4, -0.2) is 31.4 Å². The maximum absolute atomic E-state index is 12.7. The summed E-state index contributed by atoms with van der Waals surface area (Å²) < 4.78 is 6.41. The number of aryl methyl sites for hydroxylation is 3. The van der Waals surface area contributed by atoms with Gasteiger partial charge in [0.2, 0.25) is 0 Å². The van der Waals surface area contributed by atoms with Gasteiger partial charge in [0.25, 0.3) is 5.91 Å². The van der Waals surface area contributed by atoms with E-state index in [1.165, 1.54) is 4.68 Å². The molecule has 8 heteroatoms. The molecule has 2 aromatic heterocycles. The smallest absolute Gasteiger partial charge is 0.345 e. The molecule has 1 amide bonds. The average molecular weight is 472 g/mol.